The third-order valence-corrected chi connectivity index (χ3v) is 8.41. The van der Waals surface area contributed by atoms with Crippen molar-refractivity contribution in [1.82, 2.24) is 10.2 Å². The van der Waals surface area contributed by atoms with Crippen LogP contribution in [0.5, 0.6) is 5.75 Å². The molecule has 0 saturated carbocycles. The largest absolute Gasteiger partial charge is 0.497 e. The zero-order valence-corrected chi connectivity index (χ0v) is 23.6. The summed E-state index contributed by atoms with van der Waals surface area (Å²) in [6.07, 6.45) is 5.19. The molecule has 0 spiro atoms. The predicted molar refractivity (Wildman–Crippen MR) is 154 cm³/mol. The number of aliphatic hydroxyl groups is 2. The van der Waals surface area contributed by atoms with E-state index in [-0.39, 0.29) is 44.0 Å². The van der Waals surface area contributed by atoms with Crippen molar-refractivity contribution in [1.29, 1.82) is 0 Å². The van der Waals surface area contributed by atoms with Gasteiger partial charge < -0.3 is 35.0 Å². The number of hydrogen-bond acceptors (Lipinski definition) is 7. The maximum absolute atomic E-state index is 14.0. The van der Waals surface area contributed by atoms with Crippen LogP contribution in [0, 0.1) is 5.92 Å². The third-order valence-electron chi connectivity index (χ3n) is 8.41. The van der Waals surface area contributed by atoms with E-state index in [0.717, 1.165) is 24.1 Å². The number of benzene rings is 2. The highest BCUT2D eigenvalue weighted by atomic mass is 16.5. The van der Waals surface area contributed by atoms with E-state index in [9.17, 15) is 24.6 Å². The quantitative estimate of drug-likeness (QED) is 0.399. The highest BCUT2D eigenvalue weighted by Gasteiger charge is 2.52. The molecule has 5 rings (SSSR count). The summed E-state index contributed by atoms with van der Waals surface area (Å²) in [4.78, 5) is 44.2. The second kappa shape index (κ2) is 12.0. The van der Waals surface area contributed by atoms with Gasteiger partial charge in [0.15, 0.2) is 5.60 Å². The summed E-state index contributed by atoms with van der Waals surface area (Å²) in [6.45, 7) is 4.10. The molecular formula is C31H38N4O6. The molecule has 3 heterocycles. The van der Waals surface area contributed by atoms with E-state index in [1.54, 1.807) is 52.0 Å². The minimum Gasteiger partial charge on any atom is -0.497 e. The van der Waals surface area contributed by atoms with E-state index in [0.29, 0.717) is 36.6 Å². The fourth-order valence-electron chi connectivity index (χ4n) is 6.08. The van der Waals surface area contributed by atoms with E-state index in [1.165, 1.54) is 7.11 Å². The lowest BCUT2D eigenvalue weighted by Crippen LogP contribution is -2.48. The van der Waals surface area contributed by atoms with Gasteiger partial charge in [-0.15, -0.1) is 0 Å². The van der Waals surface area contributed by atoms with Crippen LogP contribution < -0.4 is 19.9 Å². The highest BCUT2D eigenvalue weighted by Crippen LogP contribution is 2.47. The van der Waals surface area contributed by atoms with Crippen LogP contribution in [0.1, 0.15) is 37.3 Å². The zero-order chi connectivity index (χ0) is 29.1. The first-order chi connectivity index (χ1) is 19.8. The van der Waals surface area contributed by atoms with Crippen molar-refractivity contribution >= 4 is 29.1 Å². The number of nitrogens with one attached hydrogen (secondary N) is 1. The Morgan fingerprint density at radius 1 is 1.22 bits per heavy atom. The second-order valence-corrected chi connectivity index (χ2v) is 10.9. The van der Waals surface area contributed by atoms with Gasteiger partial charge in [-0.25, -0.2) is 0 Å². The molecule has 2 saturated heterocycles. The van der Waals surface area contributed by atoms with Crippen molar-refractivity contribution in [2.24, 2.45) is 5.92 Å². The van der Waals surface area contributed by atoms with Gasteiger partial charge in [0, 0.05) is 43.2 Å². The van der Waals surface area contributed by atoms with E-state index < -0.39 is 17.4 Å². The molecule has 2 fully saturated rings. The van der Waals surface area contributed by atoms with Crippen LogP contribution >= 0.6 is 0 Å². The van der Waals surface area contributed by atoms with Gasteiger partial charge in [0.2, 0.25) is 11.8 Å². The van der Waals surface area contributed by atoms with Crippen LogP contribution in [0.2, 0.25) is 0 Å². The predicted octanol–water partition coefficient (Wildman–Crippen LogP) is 1.93. The van der Waals surface area contributed by atoms with Gasteiger partial charge in [-0.3, -0.25) is 14.4 Å². The Hall–Kier alpha value is -3.73. The first kappa shape index (κ1) is 28.8. The lowest BCUT2D eigenvalue weighted by Gasteiger charge is -2.29. The number of piperazine rings is 1. The van der Waals surface area contributed by atoms with Gasteiger partial charge in [0.1, 0.15) is 5.75 Å². The summed E-state index contributed by atoms with van der Waals surface area (Å²) in [6, 6.07) is 12.6. The third kappa shape index (κ3) is 5.47. The number of hydrogen-bond donors (Lipinski definition) is 3. The lowest BCUT2D eigenvalue weighted by atomic mass is 9.83. The zero-order valence-electron chi connectivity index (χ0n) is 23.6. The van der Waals surface area contributed by atoms with Crippen LogP contribution in [0.15, 0.2) is 54.6 Å². The molecule has 10 nitrogen and oxygen atoms in total. The molecule has 2 aromatic rings. The van der Waals surface area contributed by atoms with Crippen molar-refractivity contribution in [3.8, 4) is 5.75 Å². The Labute approximate surface area is 240 Å². The monoisotopic (exact) mass is 562 g/mol. The summed E-state index contributed by atoms with van der Waals surface area (Å²) in [5.74, 6) is -0.676. The molecule has 218 valence electrons. The second-order valence-electron chi connectivity index (χ2n) is 10.9. The molecule has 10 heteroatoms. The minimum absolute atomic E-state index is 0.00632. The molecule has 3 amide bonds. The van der Waals surface area contributed by atoms with E-state index in [1.807, 2.05) is 24.3 Å². The maximum atomic E-state index is 14.0. The Morgan fingerprint density at radius 2 is 2.05 bits per heavy atom. The molecule has 3 atom stereocenters. The number of aliphatic hydroxyl groups excluding tert-OH is 1. The first-order valence-corrected chi connectivity index (χ1v) is 14.2. The Kier molecular flexibility index (Phi) is 8.44. The van der Waals surface area contributed by atoms with Gasteiger partial charge in [-0.1, -0.05) is 31.2 Å². The van der Waals surface area contributed by atoms with Crippen LogP contribution in [0.4, 0.5) is 11.4 Å². The summed E-state index contributed by atoms with van der Waals surface area (Å²) in [5.41, 5.74) is 0.760. The molecule has 0 unspecified atom stereocenters. The Bertz CT molecular complexity index is 1350. The van der Waals surface area contributed by atoms with Crippen LogP contribution in [-0.2, 0) is 26.5 Å². The Morgan fingerprint density at radius 3 is 2.80 bits per heavy atom. The number of nitrogens with zero attached hydrogens (tertiary/aromatic N) is 3. The molecule has 3 aliphatic heterocycles. The number of carbonyl (C=O) groups excluding carboxylic acids is 3. The smallest absolute Gasteiger partial charge is 0.264 e. The average molecular weight is 563 g/mol. The number of carbonyl (C=O) groups is 3. The minimum atomic E-state index is -1.86. The summed E-state index contributed by atoms with van der Waals surface area (Å²) < 4.78 is 5.41. The number of ether oxygens (including phenoxy) is 1. The molecule has 0 aliphatic carbocycles. The van der Waals surface area contributed by atoms with Crippen LogP contribution in [-0.4, -0.2) is 78.8 Å². The first-order valence-electron chi connectivity index (χ1n) is 14.2. The van der Waals surface area contributed by atoms with Gasteiger partial charge in [-0.2, -0.15) is 0 Å². The summed E-state index contributed by atoms with van der Waals surface area (Å²) >= 11 is 0. The van der Waals surface area contributed by atoms with Crippen LogP contribution in [0.3, 0.4) is 0 Å². The standard InChI is InChI=1S/C31H38N4O6/c1-21(6-3-10-28(37)33-14-5-9-24(33)20-36)31(40)26-17-25(41-2)11-12-27(26)35(30(31)39)19-22-7-4-8-23(16-22)34-15-13-32-18-29(34)38/h3-4,6-8,11-12,16-17,21,24,32,36,40H,5,9-10,13-15,18-20H2,1-2H3/b6-3+/t21-,24+,31+/m1/s1. The number of amides is 3. The van der Waals surface area contributed by atoms with Gasteiger partial charge >= 0.3 is 0 Å². The molecule has 3 aliphatic rings. The number of methoxy groups -OCH3 is 1. The molecule has 3 N–H and O–H groups in total. The van der Waals surface area contributed by atoms with Crippen molar-refractivity contribution in [2.45, 2.75) is 44.4 Å². The number of likely N-dealkylation sites (tertiary alicyclic amines) is 1. The SMILES string of the molecule is COc1ccc2c(c1)[C@@](O)([C@H](C)/C=C/CC(=O)N1CCC[C@H]1CO)C(=O)N2Cc1cccc(N2CCNCC2=O)c1. The van der Waals surface area contributed by atoms with Gasteiger partial charge in [-0.05, 0) is 48.7 Å². The topological polar surface area (TPSA) is 123 Å². The fraction of sp³-hybridized carbons (Fsp3) is 0.452. The van der Waals surface area contributed by atoms with Gasteiger partial charge in [0.25, 0.3) is 5.91 Å². The molecule has 0 aromatic heterocycles. The van der Waals surface area contributed by atoms with Crippen molar-refractivity contribution in [3.63, 3.8) is 0 Å². The Balaban J connectivity index is 1.38. The van der Waals surface area contributed by atoms with E-state index in [4.69, 9.17) is 4.74 Å². The molecule has 0 bridgehead atoms. The number of anilines is 2. The average Bonchev–Trinajstić information content (AvgIpc) is 3.55. The van der Waals surface area contributed by atoms with Crippen LogP contribution in [0.25, 0.3) is 0 Å². The van der Waals surface area contributed by atoms with Gasteiger partial charge in [0.05, 0.1) is 38.5 Å². The number of fused-ring (bicyclic) bond motifs is 1. The lowest BCUT2D eigenvalue weighted by molar-refractivity contribution is -0.139. The summed E-state index contributed by atoms with van der Waals surface area (Å²) in [7, 11) is 1.53. The fourth-order valence-corrected chi connectivity index (χ4v) is 6.08. The molecular weight excluding hydrogens is 524 g/mol. The molecule has 2 aromatic carbocycles. The molecule has 41 heavy (non-hydrogen) atoms. The van der Waals surface area contributed by atoms with Crippen molar-refractivity contribution in [2.75, 3.05) is 49.7 Å². The van der Waals surface area contributed by atoms with Crippen molar-refractivity contribution in [3.05, 3.63) is 65.7 Å². The van der Waals surface area contributed by atoms with E-state index >= 15 is 0 Å². The van der Waals surface area contributed by atoms with E-state index in [2.05, 4.69) is 5.32 Å². The maximum Gasteiger partial charge on any atom is 0.264 e. The summed E-state index contributed by atoms with van der Waals surface area (Å²) in [5, 5.41) is 24.6. The highest BCUT2D eigenvalue weighted by molar-refractivity contribution is 6.07. The normalized spacial score (nSPS) is 23.4. The number of rotatable bonds is 9. The molecule has 0 radical (unpaired) electrons. The van der Waals surface area contributed by atoms with Crippen molar-refractivity contribution < 1.29 is 29.3 Å².